The minimum Gasteiger partial charge on any atom is -0.478 e. The molecular weight excluding hydrogens is 360 g/mol. The number of carbonyl (C=O) groups is 1. The third-order valence-corrected chi connectivity index (χ3v) is 5.66. The molecule has 4 nitrogen and oxygen atoms in total. The second-order valence-corrected chi connectivity index (χ2v) is 7.82. The molecule has 3 aromatic rings. The lowest BCUT2D eigenvalue weighted by molar-refractivity contribution is 0.0697. The molecule has 0 radical (unpaired) electrons. The van der Waals surface area contributed by atoms with Crippen LogP contribution in [0.15, 0.2) is 72.9 Å². The highest BCUT2D eigenvalue weighted by Gasteiger charge is 2.20. The molecule has 0 bridgehead atoms. The van der Waals surface area contributed by atoms with Gasteiger partial charge in [-0.15, -0.1) is 0 Å². The van der Waals surface area contributed by atoms with Gasteiger partial charge in [-0.1, -0.05) is 48.5 Å². The van der Waals surface area contributed by atoms with Gasteiger partial charge in [0.05, 0.1) is 5.56 Å². The van der Waals surface area contributed by atoms with E-state index in [2.05, 4.69) is 34.1 Å². The summed E-state index contributed by atoms with van der Waals surface area (Å²) in [4.78, 5) is 18.5. The van der Waals surface area contributed by atoms with E-state index in [0.29, 0.717) is 11.5 Å². The minimum absolute atomic E-state index is 0.341. The summed E-state index contributed by atoms with van der Waals surface area (Å²) in [6, 6.07) is 21.6. The molecule has 1 aliphatic heterocycles. The number of likely N-dealkylation sites (tertiary alicyclic amines) is 1. The summed E-state index contributed by atoms with van der Waals surface area (Å²) < 4.78 is 0. The summed E-state index contributed by atoms with van der Waals surface area (Å²) in [5.74, 6) is -0.239. The number of nitrogens with zero attached hydrogens (tertiary/aromatic N) is 2. The predicted molar refractivity (Wildman–Crippen MR) is 115 cm³/mol. The van der Waals surface area contributed by atoms with Crippen molar-refractivity contribution >= 4 is 5.97 Å². The number of aromatic nitrogens is 1. The zero-order valence-electron chi connectivity index (χ0n) is 16.5. The van der Waals surface area contributed by atoms with Gasteiger partial charge < -0.3 is 5.11 Å². The number of aromatic carboxylic acids is 1. The first-order valence-electron chi connectivity index (χ1n) is 10.2. The molecule has 148 valence electrons. The Kier molecular flexibility index (Phi) is 6.01. The van der Waals surface area contributed by atoms with Crippen molar-refractivity contribution < 1.29 is 9.90 Å². The van der Waals surface area contributed by atoms with Gasteiger partial charge in [0.1, 0.15) is 0 Å². The Hall–Kier alpha value is -2.98. The average molecular weight is 386 g/mol. The van der Waals surface area contributed by atoms with Gasteiger partial charge in [0.2, 0.25) is 0 Å². The number of carboxylic acids is 1. The highest BCUT2D eigenvalue weighted by molar-refractivity contribution is 5.95. The van der Waals surface area contributed by atoms with Crippen molar-refractivity contribution in [1.82, 2.24) is 9.88 Å². The SMILES string of the molecule is O=C(O)c1ccccc1-c1ccc(CN2CCCC(Cc3ccccn3)C2)cc1. The number of hydrogen-bond acceptors (Lipinski definition) is 3. The molecule has 2 aromatic carbocycles. The zero-order valence-corrected chi connectivity index (χ0v) is 16.5. The molecular formula is C25H26N2O2. The van der Waals surface area contributed by atoms with Crippen molar-refractivity contribution in [2.75, 3.05) is 13.1 Å². The highest BCUT2D eigenvalue weighted by atomic mass is 16.4. The van der Waals surface area contributed by atoms with Crippen LogP contribution >= 0.6 is 0 Å². The van der Waals surface area contributed by atoms with E-state index in [1.807, 2.05) is 36.5 Å². The Morgan fingerprint density at radius 1 is 1.03 bits per heavy atom. The first kappa shape index (κ1) is 19.3. The molecule has 1 saturated heterocycles. The van der Waals surface area contributed by atoms with E-state index in [9.17, 15) is 9.90 Å². The summed E-state index contributed by atoms with van der Waals surface area (Å²) in [5, 5.41) is 9.42. The second kappa shape index (κ2) is 9.01. The van der Waals surface area contributed by atoms with Crippen LogP contribution in [-0.4, -0.2) is 34.0 Å². The van der Waals surface area contributed by atoms with Gasteiger partial charge in [-0.05, 0) is 66.6 Å². The lowest BCUT2D eigenvalue weighted by atomic mass is 9.92. The maximum Gasteiger partial charge on any atom is 0.336 e. The third kappa shape index (κ3) is 4.90. The van der Waals surface area contributed by atoms with E-state index >= 15 is 0 Å². The molecule has 1 aromatic heterocycles. The van der Waals surface area contributed by atoms with Crippen LogP contribution in [0.4, 0.5) is 0 Å². The molecule has 29 heavy (non-hydrogen) atoms. The van der Waals surface area contributed by atoms with Crippen LogP contribution < -0.4 is 0 Å². The molecule has 0 saturated carbocycles. The van der Waals surface area contributed by atoms with E-state index in [1.54, 1.807) is 12.1 Å². The van der Waals surface area contributed by atoms with Crippen LogP contribution in [0.5, 0.6) is 0 Å². The van der Waals surface area contributed by atoms with Crippen LogP contribution in [0.2, 0.25) is 0 Å². The Labute approximate surface area is 171 Å². The molecule has 4 heteroatoms. The maximum atomic E-state index is 11.5. The van der Waals surface area contributed by atoms with E-state index in [1.165, 1.54) is 24.1 Å². The van der Waals surface area contributed by atoms with Gasteiger partial charge in [0.15, 0.2) is 0 Å². The molecule has 1 atom stereocenters. The molecule has 0 aliphatic carbocycles. The molecule has 1 aliphatic rings. The fourth-order valence-electron chi connectivity index (χ4n) is 4.25. The summed E-state index contributed by atoms with van der Waals surface area (Å²) in [6.07, 6.45) is 5.40. The fourth-order valence-corrected chi connectivity index (χ4v) is 4.25. The van der Waals surface area contributed by atoms with Crippen molar-refractivity contribution in [3.05, 3.63) is 89.7 Å². The lowest BCUT2D eigenvalue weighted by Crippen LogP contribution is -2.35. The first-order chi connectivity index (χ1) is 14.2. The van der Waals surface area contributed by atoms with Crippen molar-refractivity contribution in [2.45, 2.75) is 25.8 Å². The molecule has 0 amide bonds. The molecule has 1 N–H and O–H groups in total. The topological polar surface area (TPSA) is 53.4 Å². The number of rotatable bonds is 6. The molecule has 1 unspecified atom stereocenters. The van der Waals surface area contributed by atoms with Crippen molar-refractivity contribution in [3.63, 3.8) is 0 Å². The zero-order chi connectivity index (χ0) is 20.1. The van der Waals surface area contributed by atoms with Gasteiger partial charge in [-0.25, -0.2) is 4.79 Å². The summed E-state index contributed by atoms with van der Waals surface area (Å²) in [5.41, 5.74) is 4.49. The lowest BCUT2D eigenvalue weighted by Gasteiger charge is -2.32. The van der Waals surface area contributed by atoms with E-state index in [4.69, 9.17) is 0 Å². The van der Waals surface area contributed by atoms with Crippen LogP contribution in [0.25, 0.3) is 11.1 Å². The number of piperidine rings is 1. The minimum atomic E-state index is -0.892. The smallest absolute Gasteiger partial charge is 0.336 e. The number of hydrogen-bond donors (Lipinski definition) is 1. The van der Waals surface area contributed by atoms with Crippen LogP contribution in [0, 0.1) is 5.92 Å². The second-order valence-electron chi connectivity index (χ2n) is 7.82. The largest absolute Gasteiger partial charge is 0.478 e. The van der Waals surface area contributed by atoms with Gasteiger partial charge in [-0.3, -0.25) is 9.88 Å². The third-order valence-electron chi connectivity index (χ3n) is 5.66. The van der Waals surface area contributed by atoms with Gasteiger partial charge in [-0.2, -0.15) is 0 Å². The molecule has 1 fully saturated rings. The van der Waals surface area contributed by atoms with Crippen molar-refractivity contribution in [2.24, 2.45) is 5.92 Å². The molecule has 2 heterocycles. The quantitative estimate of drug-likeness (QED) is 0.655. The van der Waals surface area contributed by atoms with Crippen molar-refractivity contribution in [3.8, 4) is 11.1 Å². The van der Waals surface area contributed by atoms with Gasteiger partial charge in [0, 0.05) is 25.0 Å². The molecule has 4 rings (SSSR count). The van der Waals surface area contributed by atoms with E-state index in [0.717, 1.165) is 37.2 Å². The summed E-state index contributed by atoms with van der Waals surface area (Å²) in [6.45, 7) is 3.15. The van der Waals surface area contributed by atoms with Crippen LogP contribution in [0.3, 0.4) is 0 Å². The van der Waals surface area contributed by atoms with Gasteiger partial charge >= 0.3 is 5.97 Å². The monoisotopic (exact) mass is 386 g/mol. The Balaban J connectivity index is 1.40. The number of pyridine rings is 1. The van der Waals surface area contributed by atoms with E-state index in [-0.39, 0.29) is 0 Å². The average Bonchev–Trinajstić information content (AvgIpc) is 2.75. The van der Waals surface area contributed by atoms with Crippen molar-refractivity contribution in [1.29, 1.82) is 0 Å². The maximum absolute atomic E-state index is 11.5. The Morgan fingerprint density at radius 3 is 2.59 bits per heavy atom. The predicted octanol–water partition coefficient (Wildman–Crippen LogP) is 4.90. The number of benzene rings is 2. The Bertz CT molecular complexity index is 954. The fraction of sp³-hybridized carbons (Fsp3) is 0.280. The summed E-state index contributed by atoms with van der Waals surface area (Å²) in [7, 11) is 0. The standard InChI is InChI=1S/C25H26N2O2/c28-25(29)24-9-2-1-8-23(24)21-12-10-19(11-13-21)17-27-15-5-6-20(18-27)16-22-7-3-4-14-26-22/h1-4,7-14,20H,5-6,15-18H2,(H,28,29). The number of carboxylic acid groups (broad SMARTS) is 1. The van der Waals surface area contributed by atoms with Crippen LogP contribution in [-0.2, 0) is 13.0 Å². The van der Waals surface area contributed by atoms with E-state index < -0.39 is 5.97 Å². The molecule has 0 spiro atoms. The highest BCUT2D eigenvalue weighted by Crippen LogP contribution is 2.26. The first-order valence-corrected chi connectivity index (χ1v) is 10.2. The van der Waals surface area contributed by atoms with Crippen LogP contribution in [0.1, 0.15) is 34.5 Å². The normalized spacial score (nSPS) is 17.2. The summed E-state index contributed by atoms with van der Waals surface area (Å²) >= 11 is 0. The van der Waals surface area contributed by atoms with Gasteiger partial charge in [0.25, 0.3) is 0 Å². The Morgan fingerprint density at radius 2 is 1.83 bits per heavy atom.